The average Bonchev–Trinajstić information content (AvgIpc) is 3.03. The molecule has 0 N–H and O–H groups in total. The molecule has 0 bridgehead atoms. The standard InChI is InChI=1S/C22H25N3O3S2/c1-15-11-16(2)14-25(13-15)30(27,28)18-8-6-7-17(12-18)21(26)23-22-24(3)19-9-4-5-10-20(19)29-22/h4-10,12,15-16H,11,13-14H2,1-3H3. The molecular weight excluding hydrogens is 418 g/mol. The zero-order valence-electron chi connectivity index (χ0n) is 17.3. The van der Waals surface area contributed by atoms with Crippen LogP contribution < -0.4 is 4.80 Å². The molecule has 1 aliphatic rings. The van der Waals surface area contributed by atoms with Crippen LogP contribution in [-0.2, 0) is 17.1 Å². The Labute approximate surface area is 180 Å². The van der Waals surface area contributed by atoms with Gasteiger partial charge in [0.15, 0.2) is 4.80 Å². The molecule has 4 rings (SSSR count). The van der Waals surface area contributed by atoms with Crippen molar-refractivity contribution < 1.29 is 13.2 Å². The van der Waals surface area contributed by atoms with Crippen LogP contribution in [0.5, 0.6) is 0 Å². The Morgan fingerprint density at radius 1 is 1.07 bits per heavy atom. The van der Waals surface area contributed by atoms with Crippen molar-refractivity contribution in [3.8, 4) is 0 Å². The summed E-state index contributed by atoms with van der Waals surface area (Å²) in [6.07, 6.45) is 1.02. The predicted molar refractivity (Wildman–Crippen MR) is 119 cm³/mol. The third-order valence-electron chi connectivity index (χ3n) is 5.47. The maximum atomic E-state index is 13.2. The number of hydrogen-bond acceptors (Lipinski definition) is 4. The second kappa shape index (κ2) is 8.09. The van der Waals surface area contributed by atoms with Crippen molar-refractivity contribution in [1.82, 2.24) is 8.87 Å². The highest BCUT2D eigenvalue weighted by atomic mass is 32.2. The Bertz CT molecular complexity index is 1260. The minimum absolute atomic E-state index is 0.144. The molecule has 8 heteroatoms. The van der Waals surface area contributed by atoms with E-state index in [1.54, 1.807) is 22.5 Å². The number of carbonyl (C=O) groups excluding carboxylic acids is 1. The molecule has 1 amide bonds. The van der Waals surface area contributed by atoms with Gasteiger partial charge >= 0.3 is 0 Å². The Morgan fingerprint density at radius 3 is 2.47 bits per heavy atom. The molecule has 0 aliphatic carbocycles. The van der Waals surface area contributed by atoms with Gasteiger partial charge in [-0.25, -0.2) is 8.42 Å². The summed E-state index contributed by atoms with van der Waals surface area (Å²) in [4.78, 5) is 17.8. The van der Waals surface area contributed by atoms with E-state index in [0.717, 1.165) is 16.6 Å². The number of para-hydroxylation sites is 1. The maximum absolute atomic E-state index is 13.2. The van der Waals surface area contributed by atoms with Crippen molar-refractivity contribution >= 4 is 37.5 Å². The van der Waals surface area contributed by atoms with Gasteiger partial charge in [0.1, 0.15) is 0 Å². The van der Waals surface area contributed by atoms with Crippen LogP contribution in [0.4, 0.5) is 0 Å². The van der Waals surface area contributed by atoms with Gasteiger partial charge in [0.25, 0.3) is 5.91 Å². The van der Waals surface area contributed by atoms with Crippen LogP contribution in [0.3, 0.4) is 0 Å². The fraction of sp³-hybridized carbons (Fsp3) is 0.364. The maximum Gasteiger partial charge on any atom is 0.279 e. The second-order valence-corrected chi connectivity index (χ2v) is 11.1. The van der Waals surface area contributed by atoms with Crippen molar-refractivity contribution in [2.75, 3.05) is 13.1 Å². The summed E-state index contributed by atoms with van der Waals surface area (Å²) in [5.74, 6) is 0.183. The number of carbonyl (C=O) groups is 1. The molecule has 0 spiro atoms. The number of benzene rings is 2. The summed E-state index contributed by atoms with van der Waals surface area (Å²) in [5, 5.41) is 0. The first-order valence-electron chi connectivity index (χ1n) is 9.99. The number of piperidine rings is 1. The Kier molecular flexibility index (Phi) is 5.65. The van der Waals surface area contributed by atoms with E-state index < -0.39 is 15.9 Å². The van der Waals surface area contributed by atoms with Crippen molar-refractivity contribution in [3.05, 3.63) is 58.9 Å². The van der Waals surface area contributed by atoms with Crippen LogP contribution in [0, 0.1) is 11.8 Å². The largest absolute Gasteiger partial charge is 0.319 e. The third-order valence-corrected chi connectivity index (χ3v) is 8.41. The molecule has 1 saturated heterocycles. The van der Waals surface area contributed by atoms with Crippen LogP contribution in [0.1, 0.15) is 30.6 Å². The van der Waals surface area contributed by atoms with E-state index >= 15 is 0 Å². The number of rotatable bonds is 3. The fourth-order valence-electron chi connectivity index (χ4n) is 4.08. The quantitative estimate of drug-likeness (QED) is 0.620. The van der Waals surface area contributed by atoms with Gasteiger partial charge in [-0.2, -0.15) is 9.30 Å². The van der Waals surface area contributed by atoms with Gasteiger partial charge in [-0.1, -0.05) is 43.4 Å². The average molecular weight is 444 g/mol. The molecule has 6 nitrogen and oxygen atoms in total. The van der Waals surface area contributed by atoms with Crippen LogP contribution in [0.25, 0.3) is 10.2 Å². The number of amides is 1. The summed E-state index contributed by atoms with van der Waals surface area (Å²) in [5.41, 5.74) is 1.27. The molecule has 2 heterocycles. The first-order chi connectivity index (χ1) is 14.3. The Morgan fingerprint density at radius 2 is 1.77 bits per heavy atom. The normalized spacial score (nSPS) is 21.2. The molecule has 1 fully saturated rings. The van der Waals surface area contributed by atoms with Gasteiger partial charge in [0.2, 0.25) is 10.0 Å². The lowest BCUT2D eigenvalue weighted by molar-refractivity contribution is 0.0997. The number of hydrogen-bond donors (Lipinski definition) is 0. The number of aromatic nitrogens is 1. The van der Waals surface area contributed by atoms with E-state index in [4.69, 9.17) is 0 Å². The molecule has 2 unspecified atom stereocenters. The lowest BCUT2D eigenvalue weighted by atomic mass is 9.94. The molecule has 2 aromatic carbocycles. The minimum Gasteiger partial charge on any atom is -0.319 e. The SMILES string of the molecule is CC1CC(C)CN(S(=O)(=O)c2cccc(C(=O)N=c3sc4ccccc4n3C)c2)C1. The molecule has 1 aliphatic heterocycles. The smallest absolute Gasteiger partial charge is 0.279 e. The van der Waals surface area contributed by atoms with Gasteiger partial charge < -0.3 is 4.57 Å². The lowest BCUT2D eigenvalue weighted by Gasteiger charge is -2.34. The zero-order valence-corrected chi connectivity index (χ0v) is 18.9. The molecule has 30 heavy (non-hydrogen) atoms. The summed E-state index contributed by atoms with van der Waals surface area (Å²) in [6.45, 7) is 5.16. The zero-order chi connectivity index (χ0) is 21.5. The molecule has 3 aromatic rings. The van der Waals surface area contributed by atoms with Crippen LogP contribution in [0.15, 0.2) is 58.4 Å². The van der Waals surface area contributed by atoms with E-state index in [9.17, 15) is 13.2 Å². The Balaban J connectivity index is 1.67. The van der Waals surface area contributed by atoms with Crippen molar-refractivity contribution in [3.63, 3.8) is 0 Å². The first kappa shape index (κ1) is 21.0. The molecular formula is C22H25N3O3S2. The predicted octanol–water partition coefficient (Wildman–Crippen LogP) is 3.65. The van der Waals surface area contributed by atoms with Gasteiger partial charge in [-0.05, 0) is 48.6 Å². The molecule has 158 valence electrons. The van der Waals surface area contributed by atoms with E-state index in [1.807, 2.05) is 35.9 Å². The van der Waals surface area contributed by atoms with Crippen molar-refractivity contribution in [2.45, 2.75) is 25.2 Å². The highest BCUT2D eigenvalue weighted by Crippen LogP contribution is 2.27. The Hall–Kier alpha value is -2.29. The summed E-state index contributed by atoms with van der Waals surface area (Å²) >= 11 is 1.43. The second-order valence-electron chi connectivity index (χ2n) is 8.12. The number of sulfonamides is 1. The van der Waals surface area contributed by atoms with E-state index in [0.29, 0.717) is 29.7 Å². The van der Waals surface area contributed by atoms with Crippen LogP contribution in [-0.4, -0.2) is 36.3 Å². The third kappa shape index (κ3) is 3.99. The van der Waals surface area contributed by atoms with E-state index in [-0.39, 0.29) is 10.5 Å². The van der Waals surface area contributed by atoms with Crippen LogP contribution in [0.2, 0.25) is 0 Å². The molecule has 0 saturated carbocycles. The summed E-state index contributed by atoms with van der Waals surface area (Å²) in [7, 11) is -1.78. The number of aryl methyl sites for hydroxylation is 1. The highest BCUT2D eigenvalue weighted by molar-refractivity contribution is 7.89. The van der Waals surface area contributed by atoms with Gasteiger partial charge in [-0.15, -0.1) is 0 Å². The van der Waals surface area contributed by atoms with E-state index in [2.05, 4.69) is 18.8 Å². The number of nitrogens with zero attached hydrogens (tertiary/aromatic N) is 3. The monoisotopic (exact) mass is 443 g/mol. The van der Waals surface area contributed by atoms with Gasteiger partial charge in [0, 0.05) is 25.7 Å². The van der Waals surface area contributed by atoms with Crippen LogP contribution >= 0.6 is 11.3 Å². The molecule has 2 atom stereocenters. The van der Waals surface area contributed by atoms with Crippen molar-refractivity contribution in [2.24, 2.45) is 23.9 Å². The van der Waals surface area contributed by atoms with E-state index in [1.165, 1.54) is 17.4 Å². The molecule has 0 radical (unpaired) electrons. The lowest BCUT2D eigenvalue weighted by Crippen LogP contribution is -2.42. The topological polar surface area (TPSA) is 71.7 Å². The first-order valence-corrected chi connectivity index (χ1v) is 12.2. The van der Waals surface area contributed by atoms with Crippen molar-refractivity contribution in [1.29, 1.82) is 0 Å². The fourth-order valence-corrected chi connectivity index (χ4v) is 6.82. The van der Waals surface area contributed by atoms with Gasteiger partial charge in [0.05, 0.1) is 15.1 Å². The highest BCUT2D eigenvalue weighted by Gasteiger charge is 2.31. The van der Waals surface area contributed by atoms with Gasteiger partial charge in [-0.3, -0.25) is 4.79 Å². The number of fused-ring (bicyclic) bond motifs is 1. The summed E-state index contributed by atoms with van der Waals surface area (Å²) < 4.78 is 30.8. The molecule has 1 aromatic heterocycles. The summed E-state index contributed by atoms with van der Waals surface area (Å²) in [6, 6.07) is 14.1. The minimum atomic E-state index is -3.65. The number of thiazole rings is 1.